The monoisotopic (exact) mass is 306 g/mol. The average molecular weight is 306 g/mol. The molecule has 2 rings (SSSR count). The van der Waals surface area contributed by atoms with Crippen molar-refractivity contribution in [2.45, 2.75) is 76.8 Å². The normalized spacial score (nSPS) is 34.9. The predicted molar refractivity (Wildman–Crippen MR) is 77.9 cm³/mol. The second-order valence-corrected chi connectivity index (χ2v) is 7.25. The van der Waals surface area contributed by atoms with Crippen LogP contribution < -0.4 is 0 Å². The maximum Gasteiger partial charge on any atom is 0.389 e. The molecule has 1 nitrogen and oxygen atoms in total. The summed E-state index contributed by atoms with van der Waals surface area (Å²) in [5, 5.41) is 9.18. The van der Waals surface area contributed by atoms with Crippen molar-refractivity contribution in [2.24, 2.45) is 23.7 Å². The minimum absolute atomic E-state index is 0.306. The van der Waals surface area contributed by atoms with Gasteiger partial charge in [-0.1, -0.05) is 19.3 Å². The summed E-state index contributed by atoms with van der Waals surface area (Å²) < 4.78 is 36.5. The van der Waals surface area contributed by atoms with E-state index in [1.54, 1.807) is 0 Å². The Morgan fingerprint density at radius 2 is 1.24 bits per heavy atom. The Bertz CT molecular complexity index is 287. The molecule has 0 aromatic heterocycles. The quantitative estimate of drug-likeness (QED) is 0.728. The van der Waals surface area contributed by atoms with Crippen LogP contribution >= 0.6 is 0 Å². The molecule has 0 heterocycles. The minimum Gasteiger partial charge on any atom is -0.396 e. The van der Waals surface area contributed by atoms with Crippen LogP contribution in [-0.4, -0.2) is 17.9 Å². The van der Waals surface area contributed by atoms with Gasteiger partial charge in [0.15, 0.2) is 0 Å². The fraction of sp³-hybridized carbons (Fsp3) is 1.00. The van der Waals surface area contributed by atoms with Crippen LogP contribution in [0.2, 0.25) is 0 Å². The van der Waals surface area contributed by atoms with E-state index in [9.17, 15) is 18.3 Å². The fourth-order valence-electron chi connectivity index (χ4n) is 4.38. The maximum atomic E-state index is 12.2. The van der Waals surface area contributed by atoms with Crippen molar-refractivity contribution in [1.29, 1.82) is 0 Å². The zero-order valence-electron chi connectivity index (χ0n) is 12.9. The molecule has 0 saturated heterocycles. The van der Waals surface area contributed by atoms with Crippen molar-refractivity contribution in [3.63, 3.8) is 0 Å². The van der Waals surface area contributed by atoms with E-state index < -0.39 is 12.6 Å². The summed E-state index contributed by atoms with van der Waals surface area (Å²) in [6.07, 6.45) is 5.95. The van der Waals surface area contributed by atoms with E-state index in [1.165, 1.54) is 25.7 Å². The van der Waals surface area contributed by atoms with E-state index >= 15 is 0 Å². The molecule has 2 fully saturated rings. The van der Waals surface area contributed by atoms with Gasteiger partial charge in [-0.2, -0.15) is 13.2 Å². The van der Waals surface area contributed by atoms with Crippen LogP contribution in [0.4, 0.5) is 13.2 Å². The molecule has 2 aliphatic carbocycles. The van der Waals surface area contributed by atoms with Crippen molar-refractivity contribution in [1.82, 2.24) is 0 Å². The number of rotatable bonds is 5. The van der Waals surface area contributed by atoms with E-state index in [1.807, 2.05) is 0 Å². The molecule has 124 valence electrons. The molecule has 2 aliphatic rings. The number of halogens is 3. The Labute approximate surface area is 126 Å². The molecule has 1 N–H and O–H groups in total. The molecule has 0 unspecified atom stereocenters. The van der Waals surface area contributed by atoms with Gasteiger partial charge < -0.3 is 5.11 Å². The first kappa shape index (κ1) is 17.1. The van der Waals surface area contributed by atoms with Crippen LogP contribution in [-0.2, 0) is 0 Å². The topological polar surface area (TPSA) is 20.2 Å². The Balaban J connectivity index is 1.62. The third-order valence-electron chi connectivity index (χ3n) is 5.78. The molecule has 0 bridgehead atoms. The van der Waals surface area contributed by atoms with E-state index in [-0.39, 0.29) is 0 Å². The summed E-state index contributed by atoms with van der Waals surface area (Å²) in [6, 6.07) is 0. The van der Waals surface area contributed by atoms with Gasteiger partial charge in [-0.3, -0.25) is 0 Å². The highest BCUT2D eigenvalue weighted by Crippen LogP contribution is 2.42. The molecule has 21 heavy (non-hydrogen) atoms. The van der Waals surface area contributed by atoms with Gasteiger partial charge >= 0.3 is 6.18 Å². The highest BCUT2D eigenvalue weighted by molar-refractivity contribution is 4.82. The lowest BCUT2D eigenvalue weighted by molar-refractivity contribution is -0.136. The summed E-state index contributed by atoms with van der Waals surface area (Å²) >= 11 is 0. The highest BCUT2D eigenvalue weighted by Gasteiger charge is 2.31. The number of aliphatic hydroxyl groups excluding tert-OH is 1. The Kier molecular flexibility index (Phi) is 6.39. The van der Waals surface area contributed by atoms with Crippen LogP contribution in [0.3, 0.4) is 0 Å². The van der Waals surface area contributed by atoms with Gasteiger partial charge in [0.1, 0.15) is 0 Å². The number of aliphatic hydroxyl groups is 1. The van der Waals surface area contributed by atoms with Crippen LogP contribution in [0.1, 0.15) is 70.6 Å². The highest BCUT2D eigenvalue weighted by atomic mass is 19.4. The number of hydrogen-bond donors (Lipinski definition) is 1. The standard InChI is InChI=1S/C17H29F3O/c18-17(19,20)11-1-2-13-3-7-15(8-4-13)16-9-5-14(12-21)6-10-16/h13-16,21H,1-12H2. The van der Waals surface area contributed by atoms with Crippen molar-refractivity contribution >= 4 is 0 Å². The second-order valence-electron chi connectivity index (χ2n) is 7.25. The van der Waals surface area contributed by atoms with Crippen molar-refractivity contribution in [3.8, 4) is 0 Å². The molecule has 0 amide bonds. The van der Waals surface area contributed by atoms with Crippen molar-refractivity contribution in [3.05, 3.63) is 0 Å². The Hall–Kier alpha value is -0.250. The number of hydrogen-bond acceptors (Lipinski definition) is 1. The third-order valence-corrected chi connectivity index (χ3v) is 5.78. The van der Waals surface area contributed by atoms with Crippen molar-refractivity contribution in [2.75, 3.05) is 6.61 Å². The molecule has 0 aromatic carbocycles. The third kappa shape index (κ3) is 5.80. The largest absolute Gasteiger partial charge is 0.396 e. The second kappa shape index (κ2) is 7.85. The molecule has 0 spiro atoms. The predicted octanol–water partition coefficient (Wildman–Crippen LogP) is 5.32. The van der Waals surface area contributed by atoms with Crippen LogP contribution in [0.25, 0.3) is 0 Å². The van der Waals surface area contributed by atoms with E-state index in [4.69, 9.17) is 0 Å². The van der Waals surface area contributed by atoms with Gasteiger partial charge in [-0.05, 0) is 68.6 Å². The first-order valence-electron chi connectivity index (χ1n) is 8.65. The lowest BCUT2D eigenvalue weighted by atomic mass is 9.69. The zero-order chi connectivity index (χ0) is 15.3. The number of alkyl halides is 3. The zero-order valence-corrected chi connectivity index (χ0v) is 12.9. The Morgan fingerprint density at radius 1 is 0.762 bits per heavy atom. The SMILES string of the molecule is OCC1CCC(C2CCC(CCCC(F)(F)F)CC2)CC1. The van der Waals surface area contributed by atoms with Crippen LogP contribution in [0.5, 0.6) is 0 Å². The summed E-state index contributed by atoms with van der Waals surface area (Å²) in [7, 11) is 0. The van der Waals surface area contributed by atoms with Crippen LogP contribution in [0.15, 0.2) is 0 Å². The van der Waals surface area contributed by atoms with Gasteiger partial charge in [0, 0.05) is 13.0 Å². The summed E-state index contributed by atoms with van der Waals surface area (Å²) in [4.78, 5) is 0. The van der Waals surface area contributed by atoms with Gasteiger partial charge in [0.05, 0.1) is 0 Å². The molecule has 2 saturated carbocycles. The first-order chi connectivity index (χ1) is 9.98. The van der Waals surface area contributed by atoms with Gasteiger partial charge in [0.25, 0.3) is 0 Å². The molecular formula is C17H29F3O. The van der Waals surface area contributed by atoms with Gasteiger partial charge in [-0.15, -0.1) is 0 Å². The lowest BCUT2D eigenvalue weighted by Gasteiger charge is -2.37. The molecule has 4 heteroatoms. The molecule has 0 atom stereocenters. The van der Waals surface area contributed by atoms with Crippen molar-refractivity contribution < 1.29 is 18.3 Å². The van der Waals surface area contributed by atoms with Gasteiger partial charge in [-0.25, -0.2) is 0 Å². The molecule has 0 radical (unpaired) electrons. The Morgan fingerprint density at radius 3 is 1.67 bits per heavy atom. The fourth-order valence-corrected chi connectivity index (χ4v) is 4.38. The first-order valence-corrected chi connectivity index (χ1v) is 8.65. The molecular weight excluding hydrogens is 277 g/mol. The summed E-state index contributed by atoms with van der Waals surface area (Å²) in [5.74, 6) is 2.64. The molecule has 0 aliphatic heterocycles. The summed E-state index contributed by atoms with van der Waals surface area (Å²) in [6.45, 7) is 0.332. The van der Waals surface area contributed by atoms with Crippen LogP contribution in [0, 0.1) is 23.7 Å². The van der Waals surface area contributed by atoms with E-state index in [0.717, 1.165) is 43.9 Å². The molecule has 0 aromatic rings. The van der Waals surface area contributed by atoms with E-state index in [0.29, 0.717) is 24.9 Å². The van der Waals surface area contributed by atoms with E-state index in [2.05, 4.69) is 0 Å². The summed E-state index contributed by atoms with van der Waals surface area (Å²) in [5.41, 5.74) is 0. The lowest BCUT2D eigenvalue weighted by Crippen LogP contribution is -2.26. The smallest absolute Gasteiger partial charge is 0.389 e. The maximum absolute atomic E-state index is 12.2. The average Bonchev–Trinajstić information content (AvgIpc) is 2.47. The minimum atomic E-state index is -3.98. The van der Waals surface area contributed by atoms with Gasteiger partial charge in [0.2, 0.25) is 0 Å².